The largest absolute Gasteiger partial charge is 0.378 e. The Kier molecular flexibility index (Phi) is 3.38. The average Bonchev–Trinajstić information content (AvgIpc) is 2.17. The molecule has 0 aromatic heterocycles. The van der Waals surface area contributed by atoms with Crippen molar-refractivity contribution in [3.63, 3.8) is 0 Å². The van der Waals surface area contributed by atoms with E-state index in [1.54, 1.807) is 12.1 Å². The van der Waals surface area contributed by atoms with E-state index in [0.717, 1.165) is 0 Å². The van der Waals surface area contributed by atoms with Crippen LogP contribution in [-0.4, -0.2) is 24.2 Å². The average molecular weight is 243 g/mol. The molecule has 1 heterocycles. The molecule has 6 heteroatoms. The second-order valence-corrected chi connectivity index (χ2v) is 4.02. The number of nitro groups is 1. The molecule has 0 radical (unpaired) electrons. The molecule has 0 aliphatic carbocycles. The van der Waals surface area contributed by atoms with Gasteiger partial charge in [0.05, 0.1) is 34.8 Å². The van der Waals surface area contributed by atoms with Crippen molar-refractivity contribution in [2.45, 2.75) is 12.6 Å². The molecule has 1 aliphatic heterocycles. The van der Waals surface area contributed by atoms with Crippen LogP contribution < -0.4 is 5.32 Å². The molecular weight excluding hydrogens is 232 g/mol. The third kappa shape index (κ3) is 2.32. The van der Waals surface area contributed by atoms with Gasteiger partial charge in [0.15, 0.2) is 0 Å². The van der Waals surface area contributed by atoms with Crippen molar-refractivity contribution in [2.75, 3.05) is 13.2 Å². The smallest absolute Gasteiger partial charge is 0.275 e. The number of halogens is 1. The maximum atomic E-state index is 10.8. The third-order valence-corrected chi connectivity index (χ3v) is 2.85. The SMILES string of the molecule is O=[N+]([O-])c1cccc(Cl)c1CNC1COC1. The summed E-state index contributed by atoms with van der Waals surface area (Å²) in [5.74, 6) is 0. The Balaban J connectivity index is 2.13. The second kappa shape index (κ2) is 4.78. The van der Waals surface area contributed by atoms with Crippen LogP contribution in [0.3, 0.4) is 0 Å². The van der Waals surface area contributed by atoms with Gasteiger partial charge in [0.25, 0.3) is 5.69 Å². The monoisotopic (exact) mass is 242 g/mol. The molecule has 1 fully saturated rings. The molecule has 2 rings (SSSR count). The fourth-order valence-corrected chi connectivity index (χ4v) is 1.73. The highest BCUT2D eigenvalue weighted by molar-refractivity contribution is 6.31. The Bertz CT molecular complexity index is 407. The van der Waals surface area contributed by atoms with E-state index in [2.05, 4.69) is 5.32 Å². The minimum Gasteiger partial charge on any atom is -0.378 e. The zero-order chi connectivity index (χ0) is 11.5. The molecule has 1 aromatic carbocycles. The van der Waals surface area contributed by atoms with Crippen LogP contribution in [0.2, 0.25) is 5.02 Å². The topological polar surface area (TPSA) is 64.4 Å². The van der Waals surface area contributed by atoms with Crippen LogP contribution in [0.1, 0.15) is 5.56 Å². The van der Waals surface area contributed by atoms with Crippen LogP contribution in [0.4, 0.5) is 5.69 Å². The molecule has 0 bridgehead atoms. The van der Waals surface area contributed by atoms with Gasteiger partial charge in [-0.2, -0.15) is 0 Å². The highest BCUT2D eigenvalue weighted by Gasteiger charge is 2.21. The van der Waals surface area contributed by atoms with Crippen molar-refractivity contribution in [2.24, 2.45) is 0 Å². The van der Waals surface area contributed by atoms with Crippen molar-refractivity contribution >= 4 is 17.3 Å². The number of nitrogens with zero attached hydrogens (tertiary/aromatic N) is 1. The fourth-order valence-electron chi connectivity index (χ4n) is 1.49. The van der Waals surface area contributed by atoms with E-state index in [0.29, 0.717) is 30.3 Å². The lowest BCUT2D eigenvalue weighted by Crippen LogP contribution is -2.45. The van der Waals surface area contributed by atoms with E-state index < -0.39 is 4.92 Å². The molecule has 0 unspecified atom stereocenters. The van der Waals surface area contributed by atoms with Crippen molar-refractivity contribution in [1.82, 2.24) is 5.32 Å². The first-order chi connectivity index (χ1) is 7.68. The summed E-state index contributed by atoms with van der Waals surface area (Å²) < 4.78 is 5.00. The number of rotatable bonds is 4. The lowest BCUT2D eigenvalue weighted by molar-refractivity contribution is -0.385. The van der Waals surface area contributed by atoms with Crippen LogP contribution in [0.15, 0.2) is 18.2 Å². The zero-order valence-electron chi connectivity index (χ0n) is 8.48. The highest BCUT2D eigenvalue weighted by atomic mass is 35.5. The Morgan fingerprint density at radius 3 is 2.88 bits per heavy atom. The normalized spacial score (nSPS) is 15.8. The number of hydrogen-bond acceptors (Lipinski definition) is 4. The van der Waals surface area contributed by atoms with Crippen molar-refractivity contribution in [3.8, 4) is 0 Å². The number of nitrogens with one attached hydrogen (secondary N) is 1. The maximum Gasteiger partial charge on any atom is 0.275 e. The first-order valence-electron chi connectivity index (χ1n) is 4.91. The highest BCUT2D eigenvalue weighted by Crippen LogP contribution is 2.26. The molecule has 1 aromatic rings. The molecule has 86 valence electrons. The Hall–Kier alpha value is -1.17. The Morgan fingerprint density at radius 1 is 1.56 bits per heavy atom. The predicted octanol–water partition coefficient (Wildman–Crippen LogP) is 1.74. The van der Waals surface area contributed by atoms with Gasteiger partial charge in [0.2, 0.25) is 0 Å². The van der Waals surface area contributed by atoms with Crippen LogP contribution >= 0.6 is 11.6 Å². The van der Waals surface area contributed by atoms with E-state index in [-0.39, 0.29) is 11.7 Å². The quantitative estimate of drug-likeness (QED) is 0.645. The van der Waals surface area contributed by atoms with E-state index in [1.165, 1.54) is 6.07 Å². The Morgan fingerprint density at radius 2 is 2.31 bits per heavy atom. The first-order valence-corrected chi connectivity index (χ1v) is 5.29. The molecule has 0 spiro atoms. The lowest BCUT2D eigenvalue weighted by atomic mass is 10.1. The lowest BCUT2D eigenvalue weighted by Gasteiger charge is -2.27. The van der Waals surface area contributed by atoms with E-state index in [1.807, 2.05) is 0 Å². The summed E-state index contributed by atoms with van der Waals surface area (Å²) in [4.78, 5) is 10.4. The van der Waals surface area contributed by atoms with E-state index >= 15 is 0 Å². The molecule has 0 amide bonds. The minimum absolute atomic E-state index is 0.0558. The van der Waals surface area contributed by atoms with Crippen molar-refractivity contribution < 1.29 is 9.66 Å². The summed E-state index contributed by atoms with van der Waals surface area (Å²) in [5, 5.41) is 14.4. The summed E-state index contributed by atoms with van der Waals surface area (Å²) in [7, 11) is 0. The van der Waals surface area contributed by atoms with Gasteiger partial charge in [-0.25, -0.2) is 0 Å². The van der Waals surface area contributed by atoms with Gasteiger partial charge in [-0.15, -0.1) is 0 Å². The number of benzene rings is 1. The molecular formula is C10H11ClN2O3. The van der Waals surface area contributed by atoms with Gasteiger partial charge in [-0.1, -0.05) is 17.7 Å². The second-order valence-electron chi connectivity index (χ2n) is 3.61. The summed E-state index contributed by atoms with van der Waals surface area (Å²) in [6.45, 7) is 1.69. The van der Waals surface area contributed by atoms with Crippen molar-refractivity contribution in [1.29, 1.82) is 0 Å². The standard InChI is InChI=1S/C10H11ClN2O3/c11-9-2-1-3-10(13(14)15)8(9)4-12-7-5-16-6-7/h1-3,7,12H,4-6H2. The van der Waals surface area contributed by atoms with Gasteiger partial charge in [0, 0.05) is 12.6 Å². The fraction of sp³-hybridized carbons (Fsp3) is 0.400. The molecule has 0 saturated carbocycles. The van der Waals surface area contributed by atoms with Crippen LogP contribution in [0, 0.1) is 10.1 Å². The summed E-state index contributed by atoms with van der Waals surface area (Å²) in [6.07, 6.45) is 0. The van der Waals surface area contributed by atoms with Gasteiger partial charge >= 0.3 is 0 Å². The number of hydrogen-bond donors (Lipinski definition) is 1. The first kappa shape index (κ1) is 11.3. The molecule has 5 nitrogen and oxygen atoms in total. The van der Waals surface area contributed by atoms with E-state index in [4.69, 9.17) is 16.3 Å². The summed E-state index contributed by atoms with van der Waals surface area (Å²) in [6, 6.07) is 4.97. The van der Waals surface area contributed by atoms with Gasteiger partial charge in [-0.05, 0) is 6.07 Å². The Labute approximate surface area is 97.5 Å². The summed E-state index contributed by atoms with van der Waals surface area (Å²) in [5.41, 5.74) is 0.585. The minimum atomic E-state index is -0.417. The number of ether oxygens (including phenoxy) is 1. The van der Waals surface area contributed by atoms with Gasteiger partial charge in [0.1, 0.15) is 0 Å². The zero-order valence-corrected chi connectivity index (χ0v) is 9.24. The third-order valence-electron chi connectivity index (χ3n) is 2.50. The molecule has 0 atom stereocenters. The predicted molar refractivity (Wildman–Crippen MR) is 59.6 cm³/mol. The van der Waals surface area contributed by atoms with Gasteiger partial charge in [-0.3, -0.25) is 10.1 Å². The molecule has 1 aliphatic rings. The summed E-state index contributed by atoms with van der Waals surface area (Å²) >= 11 is 5.94. The number of nitro benzene ring substituents is 1. The maximum absolute atomic E-state index is 10.8. The van der Waals surface area contributed by atoms with Crippen LogP contribution in [0.25, 0.3) is 0 Å². The van der Waals surface area contributed by atoms with E-state index in [9.17, 15) is 10.1 Å². The van der Waals surface area contributed by atoms with Crippen molar-refractivity contribution in [3.05, 3.63) is 38.9 Å². The van der Waals surface area contributed by atoms with Crippen LogP contribution in [-0.2, 0) is 11.3 Å². The molecule has 1 saturated heterocycles. The molecule has 1 N–H and O–H groups in total. The van der Waals surface area contributed by atoms with Crippen LogP contribution in [0.5, 0.6) is 0 Å². The van der Waals surface area contributed by atoms with Gasteiger partial charge < -0.3 is 10.1 Å². The molecule has 16 heavy (non-hydrogen) atoms.